The van der Waals surface area contributed by atoms with Crippen LogP contribution in [0, 0.1) is 5.41 Å². The number of hydrogen-bond acceptors (Lipinski definition) is 4. The molecular formula is C17H20O4. The van der Waals surface area contributed by atoms with Crippen LogP contribution in [0.1, 0.15) is 44.3 Å². The third-order valence-corrected chi connectivity index (χ3v) is 5.43. The van der Waals surface area contributed by atoms with Crippen LogP contribution in [0.15, 0.2) is 24.3 Å². The second-order valence-corrected chi connectivity index (χ2v) is 6.51. The lowest BCUT2D eigenvalue weighted by atomic mass is 9.67. The van der Waals surface area contributed by atoms with Crippen molar-refractivity contribution in [2.45, 2.75) is 50.6 Å². The minimum atomic E-state index is -0.697. The number of ketones is 1. The highest BCUT2D eigenvalue weighted by Crippen LogP contribution is 2.62. The van der Waals surface area contributed by atoms with Gasteiger partial charge in [-0.1, -0.05) is 18.6 Å². The van der Waals surface area contributed by atoms with E-state index in [0.29, 0.717) is 0 Å². The van der Waals surface area contributed by atoms with Crippen molar-refractivity contribution in [3.05, 3.63) is 29.8 Å². The lowest BCUT2D eigenvalue weighted by molar-refractivity contribution is -0.234. The lowest BCUT2D eigenvalue weighted by Gasteiger charge is -2.45. The van der Waals surface area contributed by atoms with Crippen LogP contribution >= 0.6 is 0 Å². The van der Waals surface area contributed by atoms with Crippen LogP contribution in [0.4, 0.5) is 0 Å². The summed E-state index contributed by atoms with van der Waals surface area (Å²) in [7, 11) is 1.64. The minimum absolute atomic E-state index is 0.217. The number of hydrogen-bond donors (Lipinski definition) is 0. The molecule has 0 amide bonds. The second kappa shape index (κ2) is 4.31. The number of carbonyl (C=O) groups excluding carboxylic acids is 1. The Morgan fingerprint density at radius 3 is 2.48 bits per heavy atom. The third kappa shape index (κ3) is 1.60. The van der Waals surface area contributed by atoms with E-state index in [1.54, 1.807) is 7.11 Å². The van der Waals surface area contributed by atoms with Gasteiger partial charge in [-0.25, -0.2) is 0 Å². The van der Waals surface area contributed by atoms with Gasteiger partial charge in [0.25, 0.3) is 0 Å². The molecule has 112 valence electrons. The smallest absolute Gasteiger partial charge is 0.182 e. The minimum Gasteiger partial charge on any atom is -0.497 e. The molecular weight excluding hydrogens is 268 g/mol. The molecule has 4 atom stereocenters. The van der Waals surface area contributed by atoms with Crippen LogP contribution in [0.25, 0.3) is 0 Å². The van der Waals surface area contributed by atoms with E-state index in [1.807, 2.05) is 31.2 Å². The Kier molecular flexibility index (Phi) is 2.72. The lowest BCUT2D eigenvalue weighted by Crippen LogP contribution is -2.53. The Balaban J connectivity index is 1.68. The largest absolute Gasteiger partial charge is 0.497 e. The van der Waals surface area contributed by atoms with Crippen molar-refractivity contribution in [3.63, 3.8) is 0 Å². The zero-order valence-corrected chi connectivity index (χ0v) is 12.4. The molecule has 4 nitrogen and oxygen atoms in total. The van der Waals surface area contributed by atoms with Crippen molar-refractivity contribution in [3.8, 4) is 5.75 Å². The van der Waals surface area contributed by atoms with E-state index in [2.05, 4.69) is 0 Å². The van der Waals surface area contributed by atoms with E-state index in [0.717, 1.165) is 37.0 Å². The number of Topliss-reactive ketones (excluding diaryl/α,β-unsaturated/α-hetero) is 1. The van der Waals surface area contributed by atoms with Gasteiger partial charge >= 0.3 is 0 Å². The Morgan fingerprint density at radius 2 is 1.76 bits per heavy atom. The van der Waals surface area contributed by atoms with Crippen molar-refractivity contribution in [1.29, 1.82) is 0 Å². The molecule has 4 rings (SSSR count). The van der Waals surface area contributed by atoms with Gasteiger partial charge in [0.05, 0.1) is 12.5 Å². The zero-order valence-electron chi connectivity index (χ0n) is 12.4. The van der Waals surface area contributed by atoms with Gasteiger partial charge < -0.3 is 14.2 Å². The molecule has 1 aromatic rings. The topological polar surface area (TPSA) is 44.8 Å². The van der Waals surface area contributed by atoms with E-state index >= 15 is 0 Å². The highest BCUT2D eigenvalue weighted by atomic mass is 16.8. The summed E-state index contributed by atoms with van der Waals surface area (Å²) in [6.07, 6.45) is 3.09. The van der Waals surface area contributed by atoms with E-state index < -0.39 is 17.3 Å². The number of benzene rings is 1. The first-order valence-corrected chi connectivity index (χ1v) is 7.64. The quantitative estimate of drug-likeness (QED) is 0.839. The number of fused-ring (bicyclic) bond motifs is 1. The fourth-order valence-electron chi connectivity index (χ4n) is 4.09. The molecule has 1 aliphatic carbocycles. The first kappa shape index (κ1) is 13.3. The van der Waals surface area contributed by atoms with Crippen molar-refractivity contribution >= 4 is 5.78 Å². The van der Waals surface area contributed by atoms with Gasteiger partial charge in [-0.2, -0.15) is 0 Å². The average Bonchev–Trinajstić information content (AvgIpc) is 3.00. The predicted octanol–water partition coefficient (Wildman–Crippen LogP) is 3.01. The van der Waals surface area contributed by atoms with Gasteiger partial charge in [0.15, 0.2) is 17.7 Å². The molecule has 1 spiro atoms. The Bertz CT molecular complexity index is 581. The summed E-state index contributed by atoms with van der Waals surface area (Å²) in [5, 5.41) is 0. The van der Waals surface area contributed by atoms with Crippen LogP contribution in [0.3, 0.4) is 0 Å². The monoisotopic (exact) mass is 288 g/mol. The normalized spacial score (nSPS) is 41.1. The van der Waals surface area contributed by atoms with Crippen LogP contribution in [-0.4, -0.2) is 24.8 Å². The first-order valence-electron chi connectivity index (χ1n) is 7.64. The maximum atomic E-state index is 12.8. The van der Waals surface area contributed by atoms with Crippen molar-refractivity contribution in [2.75, 3.05) is 7.11 Å². The van der Waals surface area contributed by atoms with Gasteiger partial charge in [0, 0.05) is 6.42 Å². The summed E-state index contributed by atoms with van der Waals surface area (Å²) in [5.41, 5.74) is 0.525. The van der Waals surface area contributed by atoms with Gasteiger partial charge in [0.2, 0.25) is 0 Å². The molecule has 0 unspecified atom stereocenters. The van der Waals surface area contributed by atoms with Crippen molar-refractivity contribution in [2.24, 2.45) is 5.41 Å². The summed E-state index contributed by atoms with van der Waals surface area (Å²) >= 11 is 0. The Morgan fingerprint density at radius 1 is 1.10 bits per heavy atom. The molecule has 3 fully saturated rings. The Hall–Kier alpha value is -1.39. The van der Waals surface area contributed by atoms with Crippen molar-refractivity contribution in [1.82, 2.24) is 0 Å². The first-order chi connectivity index (χ1) is 10.1. The third-order valence-electron chi connectivity index (χ3n) is 5.43. The molecule has 2 bridgehead atoms. The molecule has 1 saturated carbocycles. The standard InChI is InChI=1S/C17H20O4/c1-16-9-3-4-10-17(16)20-13(14(21-17)15(16)18)11-5-7-12(19-2)8-6-11/h5-8,13-14H,3-4,9-10H2,1-2H3/t13-,14+,16+,17+/m0/s1. The molecule has 0 radical (unpaired) electrons. The second-order valence-electron chi connectivity index (χ2n) is 6.51. The molecule has 2 heterocycles. The zero-order chi connectivity index (χ0) is 14.7. The summed E-state index contributed by atoms with van der Waals surface area (Å²) in [6.45, 7) is 2.01. The van der Waals surface area contributed by atoms with E-state index in [9.17, 15) is 4.79 Å². The van der Waals surface area contributed by atoms with Gasteiger partial charge in [-0.05, 0) is 37.5 Å². The molecule has 21 heavy (non-hydrogen) atoms. The highest BCUT2D eigenvalue weighted by Gasteiger charge is 2.71. The van der Waals surface area contributed by atoms with E-state index in [-0.39, 0.29) is 11.9 Å². The van der Waals surface area contributed by atoms with Gasteiger partial charge in [-0.15, -0.1) is 0 Å². The predicted molar refractivity (Wildman–Crippen MR) is 76.0 cm³/mol. The summed E-state index contributed by atoms with van der Waals surface area (Å²) in [6, 6.07) is 7.70. The van der Waals surface area contributed by atoms with Gasteiger partial charge in [-0.3, -0.25) is 4.79 Å². The van der Waals surface area contributed by atoms with Crippen LogP contribution in [0.5, 0.6) is 5.75 Å². The molecule has 2 aliphatic heterocycles. The van der Waals surface area contributed by atoms with Gasteiger partial charge in [0.1, 0.15) is 11.9 Å². The molecule has 2 saturated heterocycles. The van der Waals surface area contributed by atoms with Crippen LogP contribution < -0.4 is 4.74 Å². The highest BCUT2D eigenvalue weighted by molar-refractivity contribution is 5.93. The molecule has 4 heteroatoms. The van der Waals surface area contributed by atoms with Crippen molar-refractivity contribution < 1.29 is 19.0 Å². The van der Waals surface area contributed by atoms with Crippen LogP contribution in [0.2, 0.25) is 0 Å². The molecule has 0 N–H and O–H groups in total. The van der Waals surface area contributed by atoms with E-state index in [1.165, 1.54) is 0 Å². The number of methoxy groups -OCH3 is 1. The maximum absolute atomic E-state index is 12.8. The molecule has 1 aromatic carbocycles. The van der Waals surface area contributed by atoms with E-state index in [4.69, 9.17) is 14.2 Å². The molecule has 0 aromatic heterocycles. The fourth-order valence-corrected chi connectivity index (χ4v) is 4.09. The molecule has 3 aliphatic rings. The number of ether oxygens (including phenoxy) is 3. The summed E-state index contributed by atoms with van der Waals surface area (Å²) in [4.78, 5) is 12.8. The number of rotatable bonds is 2. The average molecular weight is 288 g/mol. The van der Waals surface area contributed by atoms with Crippen LogP contribution in [-0.2, 0) is 14.3 Å². The summed E-state index contributed by atoms with van der Waals surface area (Å²) in [5.74, 6) is 0.321. The fraction of sp³-hybridized carbons (Fsp3) is 0.588. The Labute approximate surface area is 124 Å². The number of carbonyl (C=O) groups is 1. The SMILES string of the molecule is COc1ccc([C@@H]2O[C@@]34CCCC[C@]3(C)C(=O)[C@@H]2O4)cc1. The summed E-state index contributed by atoms with van der Waals surface area (Å²) < 4.78 is 17.6. The maximum Gasteiger partial charge on any atom is 0.182 e.